The third kappa shape index (κ3) is 9.27. The fraction of sp³-hybridized carbons (Fsp3) is 0.385. The molecule has 2 aromatic carbocycles. The maximum atomic E-state index is 15.2. The zero-order valence-electron chi connectivity index (χ0n) is 21.3. The molecule has 3 nitrogen and oxygen atoms in total. The lowest BCUT2D eigenvalue weighted by Gasteiger charge is -2.23. The van der Waals surface area contributed by atoms with Crippen LogP contribution in [0.5, 0.6) is 0 Å². The van der Waals surface area contributed by atoms with Crippen LogP contribution in [0.1, 0.15) is 53.2 Å². The Hall–Kier alpha value is -2.44. The predicted octanol–water partition coefficient (Wildman–Crippen LogP) is 9.64. The van der Waals surface area contributed by atoms with Crippen molar-refractivity contribution in [3.63, 3.8) is 0 Å². The molecule has 0 bridgehead atoms. The minimum atomic E-state index is -5.23. The summed E-state index contributed by atoms with van der Waals surface area (Å²) in [5.74, 6) is -11.0. The van der Waals surface area contributed by atoms with E-state index in [-0.39, 0.29) is 31.6 Å². The van der Waals surface area contributed by atoms with E-state index in [1.165, 1.54) is 0 Å². The Morgan fingerprint density at radius 3 is 1.95 bits per heavy atom. The zero-order valence-corrected chi connectivity index (χ0v) is 23.6. The molecule has 0 N–H and O–H groups in total. The molecule has 0 fully saturated rings. The van der Waals surface area contributed by atoms with Crippen molar-refractivity contribution in [2.45, 2.75) is 44.5 Å². The van der Waals surface area contributed by atoms with E-state index in [4.69, 9.17) is 34.8 Å². The Balaban J connectivity index is 2.47. The summed E-state index contributed by atoms with van der Waals surface area (Å²) in [6, 6.07) is 3.56. The Morgan fingerprint density at radius 2 is 1.49 bits per heavy atom. The van der Waals surface area contributed by atoms with Crippen molar-refractivity contribution in [3.8, 4) is 0 Å². The fourth-order valence-electron chi connectivity index (χ4n) is 3.90. The molecule has 1 amide bonds. The van der Waals surface area contributed by atoms with Crippen LogP contribution in [0.15, 0.2) is 36.4 Å². The molecular weight excluding hydrogens is 636 g/mol. The average molecular weight is 657 g/mol. The lowest BCUT2D eigenvalue weighted by Crippen LogP contribution is -2.39. The minimum Gasteiger partial charge on any atom is -0.336 e. The summed E-state index contributed by atoms with van der Waals surface area (Å²) in [6.45, 7) is -0.127. The number of allylic oxidation sites excluding steroid dienone is 1. The van der Waals surface area contributed by atoms with Crippen molar-refractivity contribution in [1.82, 2.24) is 4.90 Å². The highest BCUT2D eigenvalue weighted by Gasteiger charge is 2.38. The van der Waals surface area contributed by atoms with Crippen LogP contribution < -0.4 is 0 Å². The molecule has 2 aromatic rings. The minimum absolute atomic E-state index is 0.155. The van der Waals surface area contributed by atoms with E-state index in [2.05, 4.69) is 0 Å². The first kappa shape index (κ1) is 34.8. The zero-order chi connectivity index (χ0) is 31.7. The number of ketones is 1. The van der Waals surface area contributed by atoms with E-state index < -0.39 is 77.3 Å². The molecule has 0 aliphatic heterocycles. The molecule has 0 aromatic heterocycles. The molecular formula is C26H21Cl3F9NO2. The average Bonchev–Trinajstić information content (AvgIpc) is 2.82. The van der Waals surface area contributed by atoms with Gasteiger partial charge in [0.15, 0.2) is 5.78 Å². The highest BCUT2D eigenvalue weighted by molar-refractivity contribution is 6.48. The summed E-state index contributed by atoms with van der Waals surface area (Å²) < 4.78 is 123. The van der Waals surface area contributed by atoms with Crippen LogP contribution in [0.25, 0.3) is 5.83 Å². The number of carbonyl (C=O) groups excluding carboxylic acids is 2. The molecule has 0 radical (unpaired) electrons. The standard InChI is InChI=1S/C26H21Cl3F9NO2/c1-12(23(41)39(3)11-25(33,34)35)6-21(40)15-5-4-13(7-17(15)26(36,37)38)20(30)10-16(24(2,31)32)14-8-18(27)22(29)19(28)9-14/h4-5,7-10,12,16H,6,11H2,1-3H3/b20-10-/t12-,16?/m0/s1. The lowest BCUT2D eigenvalue weighted by molar-refractivity contribution is -0.160. The molecule has 0 saturated heterocycles. The molecule has 0 heterocycles. The first-order valence-corrected chi connectivity index (χ1v) is 12.6. The summed E-state index contributed by atoms with van der Waals surface area (Å²) in [4.78, 5) is 25.1. The number of alkyl halides is 8. The number of halogens is 12. The Morgan fingerprint density at radius 1 is 0.951 bits per heavy atom. The lowest BCUT2D eigenvalue weighted by atomic mass is 9.90. The maximum Gasteiger partial charge on any atom is 0.417 e. The summed E-state index contributed by atoms with van der Waals surface area (Å²) in [5, 5.41) is -0.605. The van der Waals surface area contributed by atoms with Crippen LogP contribution in [0.2, 0.25) is 15.1 Å². The molecule has 1 unspecified atom stereocenters. The molecule has 0 spiro atoms. The van der Waals surface area contributed by atoms with Gasteiger partial charge in [0.05, 0.1) is 26.5 Å². The van der Waals surface area contributed by atoms with Crippen molar-refractivity contribution in [2.75, 3.05) is 13.6 Å². The Kier molecular flexibility index (Phi) is 10.9. The second-order valence-corrected chi connectivity index (χ2v) is 10.5. The fourth-order valence-corrected chi connectivity index (χ4v) is 4.51. The highest BCUT2D eigenvalue weighted by atomic mass is 35.5. The van der Waals surface area contributed by atoms with E-state index in [9.17, 15) is 44.7 Å². The number of hydrogen-bond acceptors (Lipinski definition) is 2. The van der Waals surface area contributed by atoms with Crippen molar-refractivity contribution in [3.05, 3.63) is 73.7 Å². The molecule has 0 aliphatic carbocycles. The summed E-state index contributed by atoms with van der Waals surface area (Å²) in [5.41, 5.74) is -3.71. The van der Waals surface area contributed by atoms with Gasteiger partial charge in [0, 0.05) is 37.4 Å². The predicted molar refractivity (Wildman–Crippen MR) is 137 cm³/mol. The second kappa shape index (κ2) is 12.8. The largest absolute Gasteiger partial charge is 0.417 e. The number of amides is 1. The van der Waals surface area contributed by atoms with Gasteiger partial charge in [-0.1, -0.05) is 53.9 Å². The van der Waals surface area contributed by atoms with Crippen LogP contribution >= 0.6 is 34.8 Å². The first-order valence-electron chi connectivity index (χ1n) is 11.5. The van der Waals surface area contributed by atoms with E-state index in [1.807, 2.05) is 0 Å². The number of carbonyl (C=O) groups is 2. The number of Topliss-reactive ketones (excluding diaryl/α,β-unsaturated/α-hetero) is 1. The molecule has 226 valence electrons. The molecule has 2 atom stereocenters. The van der Waals surface area contributed by atoms with Gasteiger partial charge in [0.2, 0.25) is 5.91 Å². The molecule has 15 heteroatoms. The van der Waals surface area contributed by atoms with Gasteiger partial charge in [-0.2, -0.15) is 26.3 Å². The topological polar surface area (TPSA) is 37.4 Å². The van der Waals surface area contributed by atoms with Crippen LogP contribution in [0, 0.1) is 5.92 Å². The Labute approximate surface area is 243 Å². The Bertz CT molecular complexity index is 1310. The van der Waals surface area contributed by atoms with Gasteiger partial charge in [-0.25, -0.2) is 13.2 Å². The first-order chi connectivity index (χ1) is 18.5. The van der Waals surface area contributed by atoms with E-state index in [0.29, 0.717) is 19.1 Å². The van der Waals surface area contributed by atoms with E-state index >= 15 is 4.39 Å². The smallest absolute Gasteiger partial charge is 0.336 e. The molecule has 0 saturated carbocycles. The van der Waals surface area contributed by atoms with Crippen molar-refractivity contribution < 1.29 is 49.1 Å². The van der Waals surface area contributed by atoms with Crippen LogP contribution in [-0.2, 0) is 11.0 Å². The molecule has 2 rings (SSSR count). The van der Waals surface area contributed by atoms with Gasteiger partial charge in [-0.3, -0.25) is 9.59 Å². The summed E-state index contributed by atoms with van der Waals surface area (Å²) >= 11 is 17.6. The van der Waals surface area contributed by atoms with Crippen molar-refractivity contribution in [2.24, 2.45) is 5.92 Å². The SMILES string of the molecule is C[C@@H](CC(=O)c1ccc(/C(F)=C/C(c2cc(Cl)c(Cl)c(Cl)c2)C(C)(F)F)cc1C(F)(F)F)C(=O)N(C)CC(F)(F)F. The number of nitrogens with zero attached hydrogens (tertiary/aromatic N) is 1. The normalized spacial score (nSPS) is 14.6. The molecule has 41 heavy (non-hydrogen) atoms. The summed E-state index contributed by atoms with van der Waals surface area (Å²) in [7, 11) is 0.820. The maximum absolute atomic E-state index is 15.2. The number of benzene rings is 2. The highest BCUT2D eigenvalue weighted by Crippen LogP contribution is 2.42. The monoisotopic (exact) mass is 655 g/mol. The van der Waals surface area contributed by atoms with Gasteiger partial charge in [0.1, 0.15) is 12.4 Å². The second-order valence-electron chi connectivity index (χ2n) is 9.34. The van der Waals surface area contributed by atoms with Crippen LogP contribution in [0.3, 0.4) is 0 Å². The number of rotatable bonds is 9. The van der Waals surface area contributed by atoms with Crippen LogP contribution in [0.4, 0.5) is 39.5 Å². The van der Waals surface area contributed by atoms with Gasteiger partial charge in [0.25, 0.3) is 5.92 Å². The third-order valence-electron chi connectivity index (χ3n) is 5.83. The van der Waals surface area contributed by atoms with Gasteiger partial charge >= 0.3 is 12.4 Å². The quantitative estimate of drug-likeness (QED) is 0.153. The third-order valence-corrected chi connectivity index (χ3v) is 7.03. The van der Waals surface area contributed by atoms with Crippen LogP contribution in [-0.4, -0.2) is 42.3 Å². The summed E-state index contributed by atoms with van der Waals surface area (Å²) in [6.07, 6.45) is -10.5. The van der Waals surface area contributed by atoms with E-state index in [1.54, 1.807) is 0 Å². The van der Waals surface area contributed by atoms with Gasteiger partial charge < -0.3 is 4.90 Å². The number of hydrogen-bond donors (Lipinski definition) is 0. The van der Waals surface area contributed by atoms with Gasteiger partial charge in [-0.15, -0.1) is 0 Å². The molecule has 0 aliphatic rings. The van der Waals surface area contributed by atoms with Crippen molar-refractivity contribution in [1.29, 1.82) is 0 Å². The van der Waals surface area contributed by atoms with E-state index in [0.717, 1.165) is 32.2 Å². The van der Waals surface area contributed by atoms with Crippen molar-refractivity contribution >= 4 is 52.3 Å². The van der Waals surface area contributed by atoms with Gasteiger partial charge in [-0.05, 0) is 29.8 Å².